The molecular weight excluding hydrogens is 420 g/mol. The lowest BCUT2D eigenvalue weighted by atomic mass is 9.69. The molecule has 2 heterocycles. The Labute approximate surface area is 196 Å². The highest BCUT2D eigenvalue weighted by molar-refractivity contribution is 5.77. The smallest absolute Gasteiger partial charge is 0.332 e. The summed E-state index contributed by atoms with van der Waals surface area (Å²) in [6.45, 7) is 7.84. The number of hydrogen-bond acceptors (Lipinski definition) is 6. The van der Waals surface area contributed by atoms with E-state index in [0.29, 0.717) is 12.3 Å². The Bertz CT molecular complexity index is 914. The van der Waals surface area contributed by atoms with Crippen LogP contribution in [-0.2, 0) is 23.8 Å². The van der Waals surface area contributed by atoms with E-state index in [9.17, 15) is 14.7 Å². The summed E-state index contributed by atoms with van der Waals surface area (Å²) < 4.78 is 19.0. The Balaban J connectivity index is 1.44. The molecule has 180 valence electrons. The van der Waals surface area contributed by atoms with Crippen LogP contribution in [0.4, 0.5) is 0 Å². The van der Waals surface area contributed by atoms with E-state index < -0.39 is 29.9 Å². The molecule has 0 radical (unpaired) electrons. The minimum atomic E-state index is -0.707. The maximum absolute atomic E-state index is 13.4. The molecule has 1 aromatic rings. The first-order valence-corrected chi connectivity index (χ1v) is 12.5. The van der Waals surface area contributed by atoms with Crippen molar-refractivity contribution in [2.24, 2.45) is 29.6 Å². The molecule has 4 fully saturated rings. The van der Waals surface area contributed by atoms with Gasteiger partial charge in [-0.1, -0.05) is 51.1 Å². The van der Waals surface area contributed by atoms with Gasteiger partial charge in [0.2, 0.25) is 0 Å². The van der Waals surface area contributed by atoms with Gasteiger partial charge in [-0.2, -0.15) is 0 Å². The number of benzene rings is 1. The normalized spacial score (nSPS) is 43.3. The summed E-state index contributed by atoms with van der Waals surface area (Å²) in [6.07, 6.45) is 2.47. The van der Waals surface area contributed by atoms with Crippen molar-refractivity contribution in [3.63, 3.8) is 0 Å². The van der Waals surface area contributed by atoms with Crippen LogP contribution in [0.15, 0.2) is 30.3 Å². The molecule has 0 aromatic heterocycles. The molecule has 1 N–H and O–H groups in total. The lowest BCUT2D eigenvalue weighted by molar-refractivity contribution is -0.266. The van der Waals surface area contributed by atoms with Gasteiger partial charge in [0.05, 0.1) is 5.92 Å². The van der Waals surface area contributed by atoms with Gasteiger partial charge in [0.1, 0.15) is 30.0 Å². The number of fused-ring (bicyclic) bond motifs is 4. The first-order chi connectivity index (χ1) is 15.7. The Kier molecular flexibility index (Phi) is 5.60. The van der Waals surface area contributed by atoms with Gasteiger partial charge in [0.15, 0.2) is 0 Å². The maximum atomic E-state index is 13.4. The zero-order chi connectivity index (χ0) is 23.5. The van der Waals surface area contributed by atoms with Crippen molar-refractivity contribution >= 4 is 11.9 Å². The molecule has 0 amide bonds. The van der Waals surface area contributed by atoms with Crippen LogP contribution < -0.4 is 0 Å². The number of rotatable bonds is 6. The van der Waals surface area contributed by atoms with E-state index in [2.05, 4.69) is 32.9 Å². The highest BCUT2D eigenvalue weighted by Gasteiger charge is 2.72. The summed E-state index contributed by atoms with van der Waals surface area (Å²) in [5.74, 6) is 0.135. The predicted molar refractivity (Wildman–Crippen MR) is 121 cm³/mol. The van der Waals surface area contributed by atoms with Gasteiger partial charge < -0.3 is 19.3 Å². The SMILES string of the molecule is CC(C)[C@@]12C[C@@H](OC(=O)CO)[C@@](C)(O1)[C@@H]1CC[C@@H](C)[C@H]1[C@@H]2OC(=O)C1CC1c1ccccc1. The third-order valence-electron chi connectivity index (χ3n) is 9.12. The zero-order valence-corrected chi connectivity index (χ0v) is 20.0. The number of esters is 2. The van der Waals surface area contributed by atoms with E-state index >= 15 is 0 Å². The number of ether oxygens (including phenoxy) is 3. The molecule has 2 aliphatic carbocycles. The van der Waals surface area contributed by atoms with Gasteiger partial charge in [-0.05, 0) is 55.4 Å². The average Bonchev–Trinajstić information content (AvgIpc) is 3.44. The second-order valence-electron chi connectivity index (χ2n) is 11.2. The fourth-order valence-corrected chi connectivity index (χ4v) is 7.18. The third-order valence-corrected chi connectivity index (χ3v) is 9.12. The van der Waals surface area contributed by atoms with Crippen molar-refractivity contribution in [1.82, 2.24) is 0 Å². The molecule has 6 heteroatoms. The summed E-state index contributed by atoms with van der Waals surface area (Å²) >= 11 is 0. The van der Waals surface area contributed by atoms with Crippen LogP contribution in [0.3, 0.4) is 0 Å². The minimum Gasteiger partial charge on any atom is -0.459 e. The van der Waals surface area contributed by atoms with E-state index in [0.717, 1.165) is 19.3 Å². The van der Waals surface area contributed by atoms with Crippen LogP contribution in [0.25, 0.3) is 0 Å². The maximum Gasteiger partial charge on any atom is 0.332 e. The van der Waals surface area contributed by atoms with E-state index in [1.807, 2.05) is 25.1 Å². The molecule has 0 spiro atoms. The molecule has 5 rings (SSSR count). The Morgan fingerprint density at radius 2 is 1.91 bits per heavy atom. The quantitative estimate of drug-likeness (QED) is 0.655. The Morgan fingerprint density at radius 3 is 2.58 bits per heavy atom. The molecule has 1 aromatic carbocycles. The second kappa shape index (κ2) is 8.09. The van der Waals surface area contributed by atoms with Gasteiger partial charge in [0, 0.05) is 12.3 Å². The van der Waals surface area contributed by atoms with Gasteiger partial charge in [-0.15, -0.1) is 0 Å². The summed E-state index contributed by atoms with van der Waals surface area (Å²) in [5.41, 5.74) is -0.157. The van der Waals surface area contributed by atoms with Crippen LogP contribution >= 0.6 is 0 Å². The number of carbonyl (C=O) groups excluding carboxylic acids is 2. The first-order valence-electron chi connectivity index (χ1n) is 12.5. The highest BCUT2D eigenvalue weighted by Crippen LogP contribution is 2.63. The molecule has 2 saturated heterocycles. The summed E-state index contributed by atoms with van der Waals surface area (Å²) in [6, 6.07) is 10.2. The Hall–Kier alpha value is -1.92. The standard InChI is InChI=1S/C27H36O6/c1-15(2)27-13-21(31-22(29)14-28)26(4,33-27)20-11-10-16(3)23(20)24(27)32-25(30)19-12-18(19)17-8-6-5-7-9-17/h5-9,15-16,18-21,23-24,28H,10-14H2,1-4H3/t16-,18?,19?,20-,21-,23-,24+,26+,27-/m1/s1. The van der Waals surface area contributed by atoms with Crippen LogP contribution in [0, 0.1) is 29.6 Å². The van der Waals surface area contributed by atoms with Crippen molar-refractivity contribution in [2.45, 2.75) is 82.7 Å². The molecule has 2 unspecified atom stereocenters. The van der Waals surface area contributed by atoms with Crippen LogP contribution in [0.1, 0.15) is 64.9 Å². The van der Waals surface area contributed by atoms with Crippen LogP contribution in [0.5, 0.6) is 0 Å². The van der Waals surface area contributed by atoms with E-state index in [-0.39, 0.29) is 41.7 Å². The molecule has 2 aliphatic heterocycles. The fraction of sp³-hybridized carbons (Fsp3) is 0.704. The first kappa shape index (κ1) is 22.9. The molecule has 4 aliphatic rings. The lowest BCUT2D eigenvalue weighted by Crippen LogP contribution is -2.62. The Morgan fingerprint density at radius 1 is 1.18 bits per heavy atom. The minimum absolute atomic E-state index is 0.0744. The number of aliphatic hydroxyl groups excluding tert-OH is 1. The summed E-state index contributed by atoms with van der Waals surface area (Å²) in [7, 11) is 0. The third kappa shape index (κ3) is 3.52. The van der Waals surface area contributed by atoms with E-state index in [1.54, 1.807) is 0 Å². The van der Waals surface area contributed by atoms with Gasteiger partial charge in [-0.3, -0.25) is 4.79 Å². The summed E-state index contributed by atoms with van der Waals surface area (Å²) in [5, 5.41) is 9.30. The van der Waals surface area contributed by atoms with Crippen LogP contribution in [-0.4, -0.2) is 47.1 Å². The second-order valence-corrected chi connectivity index (χ2v) is 11.2. The molecule has 2 saturated carbocycles. The molecule has 2 bridgehead atoms. The van der Waals surface area contributed by atoms with E-state index in [1.165, 1.54) is 5.56 Å². The molecule has 6 nitrogen and oxygen atoms in total. The lowest BCUT2D eigenvalue weighted by Gasteiger charge is -2.53. The highest BCUT2D eigenvalue weighted by atomic mass is 16.6. The molecule has 9 atom stereocenters. The number of hydrogen-bond donors (Lipinski definition) is 1. The van der Waals surface area contributed by atoms with Gasteiger partial charge in [-0.25, -0.2) is 4.79 Å². The monoisotopic (exact) mass is 456 g/mol. The van der Waals surface area contributed by atoms with Gasteiger partial charge >= 0.3 is 11.9 Å². The van der Waals surface area contributed by atoms with Crippen molar-refractivity contribution in [3.05, 3.63) is 35.9 Å². The largest absolute Gasteiger partial charge is 0.459 e. The van der Waals surface area contributed by atoms with Crippen molar-refractivity contribution in [1.29, 1.82) is 0 Å². The average molecular weight is 457 g/mol. The van der Waals surface area contributed by atoms with Crippen molar-refractivity contribution in [3.8, 4) is 0 Å². The van der Waals surface area contributed by atoms with Crippen molar-refractivity contribution < 1.29 is 28.9 Å². The van der Waals surface area contributed by atoms with Crippen LogP contribution in [0.2, 0.25) is 0 Å². The van der Waals surface area contributed by atoms with Gasteiger partial charge in [0.25, 0.3) is 0 Å². The molecule has 33 heavy (non-hydrogen) atoms. The van der Waals surface area contributed by atoms with Crippen molar-refractivity contribution in [2.75, 3.05) is 6.61 Å². The summed E-state index contributed by atoms with van der Waals surface area (Å²) in [4.78, 5) is 25.4. The molecular formula is C27H36O6. The zero-order valence-electron chi connectivity index (χ0n) is 20.0. The van der Waals surface area contributed by atoms with E-state index in [4.69, 9.17) is 14.2 Å². The number of aliphatic hydroxyl groups is 1. The number of carbonyl (C=O) groups is 2. The predicted octanol–water partition coefficient (Wildman–Crippen LogP) is 3.86. The fourth-order valence-electron chi connectivity index (χ4n) is 7.18. The topological polar surface area (TPSA) is 82.1 Å².